The molecule has 1 saturated carbocycles. The first-order valence-electron chi connectivity index (χ1n) is 27.0. The first-order valence-corrected chi connectivity index (χ1v) is 27.0. The van der Waals surface area contributed by atoms with Crippen molar-refractivity contribution in [2.24, 2.45) is 0 Å². The summed E-state index contributed by atoms with van der Waals surface area (Å²) >= 11 is 0. The van der Waals surface area contributed by atoms with Gasteiger partial charge in [-0.15, -0.1) is 0 Å². The second-order valence-electron chi connectivity index (χ2n) is 22.2. The number of benzene rings is 2. The summed E-state index contributed by atoms with van der Waals surface area (Å²) in [6.07, 6.45) is 8.02. The van der Waals surface area contributed by atoms with E-state index in [9.17, 15) is 24.0 Å². The number of rotatable bonds is 24. The first-order chi connectivity index (χ1) is 35.6. The number of aldehydes is 1. The Morgan fingerprint density at radius 1 is 0.613 bits per heavy atom. The van der Waals surface area contributed by atoms with Crippen molar-refractivity contribution >= 4 is 30.3 Å². The molecule has 75 heavy (non-hydrogen) atoms. The Hall–Kier alpha value is -5.33. The number of hydrogen-bond acceptors (Lipinski definition) is 14. The van der Waals surface area contributed by atoms with Gasteiger partial charge in [0.1, 0.15) is 17.5 Å². The van der Waals surface area contributed by atoms with Crippen LogP contribution < -0.4 is 24.3 Å². The van der Waals surface area contributed by atoms with Crippen LogP contribution in [0.25, 0.3) is 0 Å². The molecule has 2 aliphatic heterocycles. The van der Waals surface area contributed by atoms with Crippen molar-refractivity contribution in [2.75, 3.05) is 74.5 Å². The fourth-order valence-electron chi connectivity index (χ4n) is 9.51. The summed E-state index contributed by atoms with van der Waals surface area (Å²) in [6.45, 7) is 22.7. The van der Waals surface area contributed by atoms with E-state index < -0.39 is 17.3 Å². The molecular weight excluding hydrogens is 963 g/mol. The second-order valence-corrected chi connectivity index (χ2v) is 22.2. The van der Waals surface area contributed by atoms with Gasteiger partial charge >= 0.3 is 12.2 Å². The van der Waals surface area contributed by atoms with E-state index in [4.69, 9.17) is 37.9 Å². The molecule has 2 heterocycles. The van der Waals surface area contributed by atoms with Gasteiger partial charge in [-0.2, -0.15) is 0 Å². The summed E-state index contributed by atoms with van der Waals surface area (Å²) in [5, 5.41) is 3.57. The molecule has 1 aliphatic carbocycles. The minimum absolute atomic E-state index is 0.0516. The first kappa shape index (κ1) is 62.2. The SMILES string of the molecule is COCCCOc1cc(C(=O)N(C(C)C)[C@@H]2CC[C@@H](CC=O)N(C(=O)OC(C)(C)C)C2)ccc1OC.COCCCOc1cc(C(=O)N(C(C)C)[C@@H]2CC[C@@H](CCNC3CC3)N(C(=O)OC(C)(C)C)C2)ccc1OC. The summed E-state index contributed by atoms with van der Waals surface area (Å²) in [7, 11) is 6.44. The van der Waals surface area contributed by atoms with Gasteiger partial charge in [-0.1, -0.05) is 0 Å². The Balaban J connectivity index is 0.000000326. The number of likely N-dealkylation sites (tertiary alicyclic amines) is 2. The molecule has 3 aliphatic rings. The van der Waals surface area contributed by atoms with Gasteiger partial charge in [0, 0.05) is 101 Å². The van der Waals surface area contributed by atoms with Gasteiger partial charge < -0.3 is 67.6 Å². The molecule has 0 aromatic heterocycles. The fraction of sp³-hybridized carbons (Fsp3) is 0.702. The molecule has 0 radical (unpaired) electrons. The van der Waals surface area contributed by atoms with Crippen molar-refractivity contribution in [3.8, 4) is 23.0 Å². The van der Waals surface area contributed by atoms with Crippen LogP contribution in [0.15, 0.2) is 36.4 Å². The lowest BCUT2D eigenvalue weighted by atomic mass is 9.94. The van der Waals surface area contributed by atoms with E-state index >= 15 is 0 Å². The van der Waals surface area contributed by atoms with Crippen LogP contribution in [0.1, 0.15) is 154 Å². The van der Waals surface area contributed by atoms with E-state index in [0.717, 1.165) is 38.5 Å². The number of nitrogens with one attached hydrogen (secondary N) is 1. The van der Waals surface area contributed by atoms with E-state index in [2.05, 4.69) is 5.32 Å². The third-order valence-corrected chi connectivity index (χ3v) is 13.2. The van der Waals surface area contributed by atoms with Crippen LogP contribution >= 0.6 is 0 Å². The standard InChI is InChI=1S/C30H49N3O6.C27H42N2O7/c1-21(2)33(28(34)22-9-14-26(37-7)27(19-22)38-18-8-17-36-6)25-13-12-24(15-16-31-23-10-11-23)32(20-25)29(35)39-30(3,4)5;1-19(2)29(22-11-10-21(13-14-30)28(18-22)26(32)36-27(3,4)5)25(31)20-9-12-23(34-7)24(17-20)35-16-8-15-33-6/h9,14,19,21,23-25,31H,8,10-13,15-18,20H2,1-7H3;9,12,14,17,19,21-22H,8,10-11,13,15-16,18H2,1-7H3/t24-,25+;21-,22+/m00/s1. The maximum Gasteiger partial charge on any atom is 0.410 e. The zero-order chi connectivity index (χ0) is 55.5. The Morgan fingerprint density at radius 3 is 1.41 bits per heavy atom. The van der Waals surface area contributed by atoms with Crippen LogP contribution in [0.4, 0.5) is 9.59 Å². The third-order valence-electron chi connectivity index (χ3n) is 13.2. The van der Waals surface area contributed by atoms with Crippen LogP contribution in [-0.4, -0.2) is 178 Å². The van der Waals surface area contributed by atoms with Gasteiger partial charge in [-0.05, 0) is 157 Å². The number of piperidine rings is 2. The normalized spacial score (nSPS) is 18.9. The van der Waals surface area contributed by atoms with E-state index in [1.54, 1.807) is 69.7 Å². The smallest absolute Gasteiger partial charge is 0.410 e. The van der Waals surface area contributed by atoms with Crippen molar-refractivity contribution in [3.63, 3.8) is 0 Å². The summed E-state index contributed by atoms with van der Waals surface area (Å²) < 4.78 is 44.2. The Bertz CT molecular complexity index is 2120. The lowest BCUT2D eigenvalue weighted by Crippen LogP contribution is -2.57. The number of nitrogens with zero attached hydrogens (tertiary/aromatic N) is 4. The number of carbonyl (C=O) groups excluding carboxylic acids is 5. The highest BCUT2D eigenvalue weighted by Crippen LogP contribution is 2.34. The summed E-state index contributed by atoms with van der Waals surface area (Å²) in [5.74, 6) is 1.91. The Morgan fingerprint density at radius 2 is 1.04 bits per heavy atom. The monoisotopic (exact) mass is 1050 g/mol. The molecule has 2 aromatic rings. The largest absolute Gasteiger partial charge is 0.493 e. The Labute approximate surface area is 447 Å². The second kappa shape index (κ2) is 29.8. The number of carbonyl (C=O) groups is 5. The number of hydrogen-bond donors (Lipinski definition) is 1. The fourth-order valence-corrected chi connectivity index (χ4v) is 9.51. The maximum atomic E-state index is 13.9. The zero-order valence-electron chi connectivity index (χ0n) is 47.7. The molecular formula is C57H91N5O13. The van der Waals surface area contributed by atoms with Gasteiger partial charge in [-0.3, -0.25) is 9.59 Å². The molecule has 1 N–H and O–H groups in total. The molecule has 5 rings (SSSR count). The molecule has 422 valence electrons. The van der Waals surface area contributed by atoms with Crippen LogP contribution in [0.5, 0.6) is 23.0 Å². The van der Waals surface area contributed by atoms with E-state index in [0.29, 0.717) is 98.9 Å². The van der Waals surface area contributed by atoms with Crippen molar-refractivity contribution < 1.29 is 61.9 Å². The van der Waals surface area contributed by atoms with Crippen molar-refractivity contribution in [1.29, 1.82) is 0 Å². The van der Waals surface area contributed by atoms with Gasteiger partial charge in [0.2, 0.25) is 0 Å². The molecule has 2 saturated heterocycles. The van der Waals surface area contributed by atoms with Crippen molar-refractivity contribution in [1.82, 2.24) is 24.9 Å². The average molecular weight is 1050 g/mol. The number of methoxy groups -OCH3 is 4. The molecule has 0 bridgehead atoms. The van der Waals surface area contributed by atoms with Gasteiger partial charge in [0.05, 0.1) is 39.5 Å². The van der Waals surface area contributed by atoms with E-state index in [1.807, 2.05) is 83.9 Å². The predicted octanol–water partition coefficient (Wildman–Crippen LogP) is 9.19. The highest BCUT2D eigenvalue weighted by Gasteiger charge is 2.41. The highest BCUT2D eigenvalue weighted by molar-refractivity contribution is 5.96. The van der Waals surface area contributed by atoms with E-state index in [1.165, 1.54) is 12.8 Å². The van der Waals surface area contributed by atoms with Crippen LogP contribution in [-0.2, 0) is 23.7 Å². The molecule has 2 aromatic carbocycles. The van der Waals surface area contributed by atoms with Crippen LogP contribution in [0.2, 0.25) is 0 Å². The maximum absolute atomic E-state index is 13.9. The number of amides is 4. The predicted molar refractivity (Wildman–Crippen MR) is 288 cm³/mol. The minimum Gasteiger partial charge on any atom is -0.493 e. The third kappa shape index (κ3) is 19.6. The summed E-state index contributed by atoms with van der Waals surface area (Å²) in [5.41, 5.74) is -0.237. The van der Waals surface area contributed by atoms with Crippen LogP contribution in [0, 0.1) is 0 Å². The quantitative estimate of drug-likeness (QED) is 0.0775. The summed E-state index contributed by atoms with van der Waals surface area (Å²) in [6, 6.07) is 10.4. The van der Waals surface area contributed by atoms with Crippen molar-refractivity contribution in [2.45, 2.75) is 187 Å². The molecule has 0 spiro atoms. The zero-order valence-corrected chi connectivity index (χ0v) is 47.7. The topological polar surface area (TPSA) is 184 Å². The molecule has 18 heteroatoms. The Kier molecular flexibility index (Phi) is 24.7. The number of ether oxygens (including phenoxy) is 8. The summed E-state index contributed by atoms with van der Waals surface area (Å²) in [4.78, 5) is 72.4. The van der Waals surface area contributed by atoms with Crippen LogP contribution in [0.3, 0.4) is 0 Å². The van der Waals surface area contributed by atoms with Gasteiger partial charge in [0.15, 0.2) is 23.0 Å². The molecule has 3 fully saturated rings. The lowest BCUT2D eigenvalue weighted by Gasteiger charge is -2.45. The van der Waals surface area contributed by atoms with Gasteiger partial charge in [0.25, 0.3) is 11.8 Å². The molecule has 4 amide bonds. The molecule has 0 unspecified atom stereocenters. The minimum atomic E-state index is -0.661. The van der Waals surface area contributed by atoms with Crippen molar-refractivity contribution in [3.05, 3.63) is 47.5 Å². The highest BCUT2D eigenvalue weighted by atomic mass is 16.6. The lowest BCUT2D eigenvalue weighted by molar-refractivity contribution is -0.109. The molecule has 4 atom stereocenters. The van der Waals surface area contributed by atoms with E-state index in [-0.39, 0.29) is 60.6 Å². The molecule has 18 nitrogen and oxygen atoms in total. The van der Waals surface area contributed by atoms with Gasteiger partial charge in [-0.25, -0.2) is 9.59 Å². The average Bonchev–Trinajstić information content (AvgIpc) is 4.18.